The lowest BCUT2D eigenvalue weighted by atomic mass is 10.1. The van der Waals surface area contributed by atoms with Crippen LogP contribution in [-0.4, -0.2) is 53.6 Å². The molecule has 3 heterocycles. The highest BCUT2D eigenvalue weighted by Gasteiger charge is 2.54. The Bertz CT molecular complexity index is 1670. The molecule has 0 spiro atoms. The van der Waals surface area contributed by atoms with Crippen LogP contribution in [-0.2, 0) is 14.0 Å². The van der Waals surface area contributed by atoms with E-state index in [0.29, 0.717) is 6.42 Å². The number of rotatable bonds is 8. The highest BCUT2D eigenvalue weighted by molar-refractivity contribution is 6.99. The van der Waals surface area contributed by atoms with Gasteiger partial charge in [0, 0.05) is 12.6 Å². The number of imide groups is 1. The molecule has 2 aliphatic heterocycles. The minimum atomic E-state index is -3.05. The average Bonchev–Trinajstić information content (AvgIpc) is 3.52. The quantitative estimate of drug-likeness (QED) is 0.238. The summed E-state index contributed by atoms with van der Waals surface area (Å²) in [6.07, 6.45) is -0.217. The van der Waals surface area contributed by atoms with Crippen LogP contribution >= 0.6 is 0 Å². The Balaban J connectivity index is 1.38. The number of hydrogen-bond acceptors (Lipinski definition) is 8. The van der Waals surface area contributed by atoms with Gasteiger partial charge in [-0.25, -0.2) is 4.79 Å². The van der Waals surface area contributed by atoms with E-state index in [-0.39, 0.29) is 28.6 Å². The van der Waals surface area contributed by atoms with Gasteiger partial charge in [-0.1, -0.05) is 93.6 Å². The van der Waals surface area contributed by atoms with Crippen molar-refractivity contribution in [3.8, 4) is 0 Å². The Morgan fingerprint density at radius 1 is 0.864 bits per heavy atom. The van der Waals surface area contributed by atoms with Crippen molar-refractivity contribution in [2.75, 3.05) is 12.3 Å². The van der Waals surface area contributed by atoms with Gasteiger partial charge >= 0.3 is 5.69 Å². The lowest BCUT2D eigenvalue weighted by molar-refractivity contribution is -0.139. The second-order valence-electron chi connectivity index (χ2n) is 12.0. The second kappa shape index (κ2) is 11.6. The molecular formula is C33H34N4O6Si. The summed E-state index contributed by atoms with van der Waals surface area (Å²) < 4.78 is 15.2. The van der Waals surface area contributed by atoms with Gasteiger partial charge in [0.15, 0.2) is 0 Å². The third kappa shape index (κ3) is 5.17. The molecule has 10 nitrogen and oxygen atoms in total. The van der Waals surface area contributed by atoms with Gasteiger partial charge in [-0.05, 0) is 33.6 Å². The fraction of sp³-hybridized carbons (Fsp3) is 0.273. The summed E-state index contributed by atoms with van der Waals surface area (Å²) in [4.78, 5) is 48.7. The molecule has 1 aromatic heterocycles. The van der Waals surface area contributed by atoms with Crippen LogP contribution in [0.15, 0.2) is 102 Å². The molecule has 2 aliphatic rings. The van der Waals surface area contributed by atoms with Gasteiger partial charge in [0.25, 0.3) is 20.1 Å². The van der Waals surface area contributed by atoms with Gasteiger partial charge in [0.05, 0.1) is 17.2 Å². The summed E-state index contributed by atoms with van der Waals surface area (Å²) in [5.74, 6) is -0.970. The molecule has 2 amide bonds. The smallest absolute Gasteiger partial charge is 0.351 e. The molecule has 226 valence electrons. The van der Waals surface area contributed by atoms with E-state index in [1.54, 1.807) is 30.5 Å². The van der Waals surface area contributed by atoms with Crippen molar-refractivity contribution in [2.45, 2.75) is 50.7 Å². The zero-order chi connectivity index (χ0) is 31.1. The van der Waals surface area contributed by atoms with E-state index in [4.69, 9.17) is 19.7 Å². The molecule has 1 saturated heterocycles. The molecular weight excluding hydrogens is 576 g/mol. The first-order valence-electron chi connectivity index (χ1n) is 14.5. The Kier molecular flexibility index (Phi) is 7.80. The van der Waals surface area contributed by atoms with E-state index in [9.17, 15) is 14.4 Å². The largest absolute Gasteiger partial charge is 0.402 e. The molecule has 3 aromatic carbocycles. The molecule has 0 saturated carbocycles. The van der Waals surface area contributed by atoms with Crippen molar-refractivity contribution in [3.05, 3.63) is 119 Å². The van der Waals surface area contributed by atoms with E-state index >= 15 is 0 Å². The molecule has 1 fully saturated rings. The summed E-state index contributed by atoms with van der Waals surface area (Å²) in [6.45, 7) is 6.35. The van der Waals surface area contributed by atoms with E-state index < -0.39 is 44.3 Å². The lowest BCUT2D eigenvalue weighted by Crippen LogP contribution is -2.68. The zero-order valence-electron chi connectivity index (χ0n) is 24.8. The van der Waals surface area contributed by atoms with Crippen molar-refractivity contribution in [1.82, 2.24) is 14.6 Å². The van der Waals surface area contributed by atoms with Crippen LogP contribution in [0.4, 0.5) is 5.82 Å². The van der Waals surface area contributed by atoms with Gasteiger partial charge in [-0.2, -0.15) is 4.98 Å². The molecule has 0 radical (unpaired) electrons. The first kappa shape index (κ1) is 29.6. The topological polar surface area (TPSA) is 126 Å². The predicted octanol–water partition coefficient (Wildman–Crippen LogP) is 3.29. The SMILES string of the molecule is CC(C)(C)[Si](O[C@H]1C[C@H](n2ccc(N)nc2=O)O[C@@H]1CON1C(=O)c2ccccc2C1=O)(c1ccccc1)c1ccccc1. The molecule has 44 heavy (non-hydrogen) atoms. The molecule has 0 unspecified atom stereocenters. The number of benzene rings is 3. The Morgan fingerprint density at radius 3 is 1.93 bits per heavy atom. The maximum atomic E-state index is 13.0. The van der Waals surface area contributed by atoms with E-state index in [1.807, 2.05) is 36.4 Å². The van der Waals surface area contributed by atoms with Crippen LogP contribution in [0.2, 0.25) is 5.04 Å². The van der Waals surface area contributed by atoms with Crippen LogP contribution < -0.4 is 21.8 Å². The maximum Gasteiger partial charge on any atom is 0.351 e. The lowest BCUT2D eigenvalue weighted by Gasteiger charge is -2.45. The van der Waals surface area contributed by atoms with Crippen molar-refractivity contribution < 1.29 is 23.6 Å². The van der Waals surface area contributed by atoms with Crippen molar-refractivity contribution >= 4 is 36.3 Å². The number of fused-ring (bicyclic) bond motifs is 1. The van der Waals surface area contributed by atoms with Gasteiger partial charge in [-0.15, -0.1) is 5.06 Å². The Labute approximate surface area is 256 Å². The molecule has 0 aliphatic carbocycles. The van der Waals surface area contributed by atoms with Gasteiger partial charge < -0.3 is 14.9 Å². The van der Waals surface area contributed by atoms with Gasteiger partial charge in [0.1, 0.15) is 24.8 Å². The van der Waals surface area contributed by atoms with E-state index in [0.717, 1.165) is 15.4 Å². The second-order valence-corrected chi connectivity index (χ2v) is 16.2. The highest BCUT2D eigenvalue weighted by atomic mass is 28.4. The van der Waals surface area contributed by atoms with E-state index in [2.05, 4.69) is 50.0 Å². The number of nitrogen functional groups attached to an aromatic ring is 1. The fourth-order valence-electron chi connectivity index (χ4n) is 6.14. The number of anilines is 1. The molecule has 2 N–H and O–H groups in total. The zero-order valence-corrected chi connectivity index (χ0v) is 25.8. The predicted molar refractivity (Wildman–Crippen MR) is 167 cm³/mol. The van der Waals surface area contributed by atoms with Crippen LogP contribution in [0.25, 0.3) is 0 Å². The van der Waals surface area contributed by atoms with Gasteiger partial charge in [0.2, 0.25) is 0 Å². The molecule has 4 aromatic rings. The van der Waals surface area contributed by atoms with Crippen LogP contribution in [0.1, 0.15) is 54.1 Å². The highest BCUT2D eigenvalue weighted by Crippen LogP contribution is 2.41. The van der Waals surface area contributed by atoms with Crippen molar-refractivity contribution in [2.24, 2.45) is 0 Å². The number of nitrogens with two attached hydrogens (primary N) is 1. The minimum absolute atomic E-state index is 0.106. The molecule has 11 heteroatoms. The number of carbonyl (C=O) groups excluding carboxylic acids is 2. The molecule has 6 rings (SSSR count). The van der Waals surface area contributed by atoms with E-state index in [1.165, 1.54) is 10.6 Å². The average molecular weight is 611 g/mol. The van der Waals surface area contributed by atoms with Crippen molar-refractivity contribution in [1.29, 1.82) is 0 Å². The first-order chi connectivity index (χ1) is 21.1. The number of hydroxylamine groups is 2. The number of aromatic nitrogens is 2. The normalized spacial score (nSPS) is 20.2. The number of hydrogen-bond donors (Lipinski definition) is 1. The number of nitrogens with zero attached hydrogens (tertiary/aromatic N) is 3. The number of carbonyl (C=O) groups is 2. The minimum Gasteiger partial charge on any atom is -0.402 e. The maximum absolute atomic E-state index is 13.0. The monoisotopic (exact) mass is 610 g/mol. The summed E-state index contributed by atoms with van der Waals surface area (Å²) in [6, 6.07) is 28.5. The number of amides is 2. The van der Waals surface area contributed by atoms with Gasteiger partial charge in [-0.3, -0.25) is 19.0 Å². The summed E-state index contributed by atoms with van der Waals surface area (Å²) in [7, 11) is -3.05. The number of ether oxygens (including phenoxy) is 1. The first-order valence-corrected chi connectivity index (χ1v) is 16.4. The summed E-state index contributed by atoms with van der Waals surface area (Å²) in [5, 5.41) is 2.60. The third-order valence-electron chi connectivity index (χ3n) is 8.21. The summed E-state index contributed by atoms with van der Waals surface area (Å²) >= 11 is 0. The molecule has 0 bridgehead atoms. The van der Waals surface area contributed by atoms with Crippen LogP contribution in [0, 0.1) is 0 Å². The third-order valence-corrected chi connectivity index (χ3v) is 13.3. The Hall–Kier alpha value is -4.42. The molecule has 3 atom stereocenters. The van der Waals surface area contributed by atoms with Crippen molar-refractivity contribution in [3.63, 3.8) is 0 Å². The summed E-state index contributed by atoms with van der Waals surface area (Å²) in [5.41, 5.74) is 5.75. The fourth-order valence-corrected chi connectivity index (χ4v) is 10.9. The Morgan fingerprint density at radius 2 is 1.41 bits per heavy atom. The van der Waals surface area contributed by atoms with Crippen LogP contribution in [0.5, 0.6) is 0 Å². The standard InChI is InChI=1S/C33H34N4O6Si/c1-33(2,3)44(22-12-6-4-7-13-22,23-14-8-5-9-15-23)43-26-20-29(36-19-18-28(34)35-32(36)40)42-27(26)21-41-37-30(38)24-16-10-11-17-25(24)31(37)39/h4-19,26-27,29H,20-21H2,1-3H3,(H2,34,35,40)/t26-,27+,29+/m0/s1. The van der Waals surface area contributed by atoms with Crippen LogP contribution in [0.3, 0.4) is 0 Å².